The summed E-state index contributed by atoms with van der Waals surface area (Å²) >= 11 is 0. The van der Waals surface area contributed by atoms with Gasteiger partial charge in [-0.3, -0.25) is 0 Å². The predicted octanol–water partition coefficient (Wildman–Crippen LogP) is 2.75. The summed E-state index contributed by atoms with van der Waals surface area (Å²) in [5.74, 6) is -0.426. The molecule has 1 aliphatic heterocycles. The molecule has 1 fully saturated rings. The first-order valence-corrected chi connectivity index (χ1v) is 5.55. The Hall–Kier alpha value is -1.32. The summed E-state index contributed by atoms with van der Waals surface area (Å²) in [4.78, 5) is 2.14. The van der Waals surface area contributed by atoms with Crippen molar-refractivity contribution < 1.29 is 8.78 Å². The number of hydrogen-bond donors (Lipinski definition) is 1. The highest BCUT2D eigenvalue weighted by Gasteiger charge is 2.26. The van der Waals surface area contributed by atoms with Crippen LogP contribution in [0.15, 0.2) is 24.3 Å². The lowest BCUT2D eigenvalue weighted by Crippen LogP contribution is -2.35. The van der Waals surface area contributed by atoms with Crippen LogP contribution in [0.2, 0.25) is 0 Å². The molecule has 1 saturated heterocycles. The van der Waals surface area contributed by atoms with E-state index < -0.39 is 12.3 Å². The Morgan fingerprint density at radius 1 is 1.12 bits per heavy atom. The van der Waals surface area contributed by atoms with Gasteiger partial charge in [-0.1, -0.05) is 0 Å². The molecular weight excluding hydrogens is 210 g/mol. The number of anilines is 2. The third kappa shape index (κ3) is 2.43. The van der Waals surface area contributed by atoms with E-state index in [9.17, 15) is 8.78 Å². The van der Waals surface area contributed by atoms with Crippen molar-refractivity contribution in [3.63, 3.8) is 0 Å². The molecule has 0 aliphatic carbocycles. The van der Waals surface area contributed by atoms with Crippen molar-refractivity contribution in [2.75, 3.05) is 23.7 Å². The number of benzene rings is 1. The molecule has 0 spiro atoms. The fourth-order valence-corrected chi connectivity index (χ4v) is 2.09. The van der Waals surface area contributed by atoms with Gasteiger partial charge in [0.1, 0.15) is 0 Å². The summed E-state index contributed by atoms with van der Waals surface area (Å²) < 4.78 is 24.9. The van der Waals surface area contributed by atoms with Crippen LogP contribution in [-0.2, 0) is 0 Å². The molecule has 0 amide bonds. The molecule has 1 aromatic carbocycles. The molecule has 4 heteroatoms. The van der Waals surface area contributed by atoms with Gasteiger partial charge in [-0.2, -0.15) is 0 Å². The molecule has 0 unspecified atom stereocenters. The monoisotopic (exact) mass is 226 g/mol. The molecule has 0 radical (unpaired) electrons. The smallest absolute Gasteiger partial charge is 0.241 e. The van der Waals surface area contributed by atoms with Gasteiger partial charge in [0.05, 0.1) is 0 Å². The van der Waals surface area contributed by atoms with Crippen molar-refractivity contribution in [3.8, 4) is 0 Å². The minimum Gasteiger partial charge on any atom is -0.399 e. The Bertz CT molecular complexity index is 329. The molecule has 1 aliphatic rings. The van der Waals surface area contributed by atoms with Crippen molar-refractivity contribution in [1.29, 1.82) is 0 Å². The van der Waals surface area contributed by atoms with Crippen LogP contribution in [0.25, 0.3) is 0 Å². The maximum atomic E-state index is 12.5. The molecule has 2 nitrogen and oxygen atoms in total. The van der Waals surface area contributed by atoms with Gasteiger partial charge in [-0.05, 0) is 37.1 Å². The van der Waals surface area contributed by atoms with Crippen LogP contribution >= 0.6 is 0 Å². The standard InChI is InChI=1S/C12H16F2N2/c13-12(14)9-5-7-16(8-6-9)11-3-1-10(15)2-4-11/h1-4,9,12H,5-8,15H2. The largest absolute Gasteiger partial charge is 0.399 e. The molecule has 1 heterocycles. The number of nitrogens with two attached hydrogens (primary N) is 1. The molecule has 0 bridgehead atoms. The number of nitrogen functional groups attached to an aromatic ring is 1. The summed E-state index contributed by atoms with van der Waals surface area (Å²) in [6.45, 7) is 1.41. The van der Waals surface area contributed by atoms with Gasteiger partial charge >= 0.3 is 0 Å². The number of piperidine rings is 1. The van der Waals surface area contributed by atoms with E-state index in [2.05, 4.69) is 4.90 Å². The van der Waals surface area contributed by atoms with Crippen LogP contribution in [0.5, 0.6) is 0 Å². The van der Waals surface area contributed by atoms with Gasteiger partial charge in [0.2, 0.25) is 6.43 Å². The third-order valence-corrected chi connectivity index (χ3v) is 3.15. The van der Waals surface area contributed by atoms with Crippen LogP contribution < -0.4 is 10.6 Å². The van der Waals surface area contributed by atoms with Crippen LogP contribution in [0, 0.1) is 5.92 Å². The summed E-state index contributed by atoms with van der Waals surface area (Å²) in [6, 6.07) is 7.57. The molecule has 0 saturated carbocycles. The van der Waals surface area contributed by atoms with E-state index in [0.717, 1.165) is 11.4 Å². The Labute approximate surface area is 94.0 Å². The van der Waals surface area contributed by atoms with Gasteiger partial charge in [0.15, 0.2) is 0 Å². The highest BCUT2D eigenvalue weighted by atomic mass is 19.3. The van der Waals surface area contributed by atoms with E-state index in [1.165, 1.54) is 0 Å². The first kappa shape index (κ1) is 11.2. The van der Waals surface area contributed by atoms with Gasteiger partial charge in [0, 0.05) is 30.4 Å². The Kier molecular flexibility index (Phi) is 3.27. The molecule has 2 rings (SSSR count). The lowest BCUT2D eigenvalue weighted by Gasteiger charge is -2.33. The molecule has 88 valence electrons. The van der Waals surface area contributed by atoms with Crippen molar-refractivity contribution in [2.45, 2.75) is 19.3 Å². The van der Waals surface area contributed by atoms with Gasteiger partial charge < -0.3 is 10.6 Å². The summed E-state index contributed by atoms with van der Waals surface area (Å²) in [7, 11) is 0. The first-order valence-electron chi connectivity index (χ1n) is 5.55. The fourth-order valence-electron chi connectivity index (χ4n) is 2.09. The minimum atomic E-state index is -2.17. The van der Waals surface area contributed by atoms with Crippen molar-refractivity contribution >= 4 is 11.4 Å². The zero-order chi connectivity index (χ0) is 11.5. The van der Waals surface area contributed by atoms with E-state index in [0.29, 0.717) is 25.9 Å². The fraction of sp³-hybridized carbons (Fsp3) is 0.500. The second-order valence-electron chi connectivity index (χ2n) is 4.25. The highest BCUT2D eigenvalue weighted by molar-refractivity contribution is 5.53. The lowest BCUT2D eigenvalue weighted by molar-refractivity contribution is 0.0636. The maximum absolute atomic E-state index is 12.5. The van der Waals surface area contributed by atoms with Crippen LogP contribution in [0.4, 0.5) is 20.2 Å². The maximum Gasteiger partial charge on any atom is 0.241 e. The van der Waals surface area contributed by atoms with Crippen molar-refractivity contribution in [3.05, 3.63) is 24.3 Å². The van der Waals surface area contributed by atoms with E-state index in [-0.39, 0.29) is 0 Å². The second kappa shape index (κ2) is 4.68. The zero-order valence-corrected chi connectivity index (χ0v) is 9.07. The third-order valence-electron chi connectivity index (χ3n) is 3.15. The van der Waals surface area contributed by atoms with Crippen molar-refractivity contribution in [1.82, 2.24) is 0 Å². The predicted molar refractivity (Wildman–Crippen MR) is 61.8 cm³/mol. The topological polar surface area (TPSA) is 29.3 Å². The first-order chi connectivity index (χ1) is 7.66. The van der Waals surface area contributed by atoms with E-state index in [4.69, 9.17) is 5.73 Å². The highest BCUT2D eigenvalue weighted by Crippen LogP contribution is 2.27. The number of hydrogen-bond acceptors (Lipinski definition) is 2. The van der Waals surface area contributed by atoms with E-state index >= 15 is 0 Å². The minimum absolute atomic E-state index is 0.426. The van der Waals surface area contributed by atoms with Crippen LogP contribution in [0.3, 0.4) is 0 Å². The number of nitrogens with zero attached hydrogens (tertiary/aromatic N) is 1. The molecule has 0 atom stereocenters. The van der Waals surface area contributed by atoms with Gasteiger partial charge in [-0.25, -0.2) is 8.78 Å². The molecule has 16 heavy (non-hydrogen) atoms. The lowest BCUT2D eigenvalue weighted by atomic mass is 9.97. The second-order valence-corrected chi connectivity index (χ2v) is 4.25. The van der Waals surface area contributed by atoms with Crippen LogP contribution in [0.1, 0.15) is 12.8 Å². The molecule has 0 aromatic heterocycles. The SMILES string of the molecule is Nc1ccc(N2CCC(C(F)F)CC2)cc1. The zero-order valence-electron chi connectivity index (χ0n) is 9.07. The number of alkyl halides is 2. The average molecular weight is 226 g/mol. The Balaban J connectivity index is 1.96. The van der Waals surface area contributed by atoms with Crippen LogP contribution in [-0.4, -0.2) is 19.5 Å². The summed E-state index contributed by atoms with van der Waals surface area (Å²) in [5, 5.41) is 0. The molecule has 2 N–H and O–H groups in total. The Morgan fingerprint density at radius 2 is 1.69 bits per heavy atom. The van der Waals surface area contributed by atoms with Gasteiger partial charge in [0.25, 0.3) is 0 Å². The van der Waals surface area contributed by atoms with E-state index in [1.807, 2.05) is 24.3 Å². The van der Waals surface area contributed by atoms with Crippen molar-refractivity contribution in [2.24, 2.45) is 5.92 Å². The average Bonchev–Trinajstić information content (AvgIpc) is 2.30. The normalized spacial score (nSPS) is 18.1. The molecule has 1 aromatic rings. The Morgan fingerprint density at radius 3 is 2.19 bits per heavy atom. The number of halogens is 2. The summed E-state index contributed by atoms with van der Waals surface area (Å²) in [5.41, 5.74) is 7.40. The van der Waals surface area contributed by atoms with E-state index in [1.54, 1.807) is 0 Å². The summed E-state index contributed by atoms with van der Waals surface area (Å²) in [6.07, 6.45) is -1.03. The molecular formula is C12H16F2N2. The van der Waals surface area contributed by atoms with Gasteiger partial charge in [-0.15, -0.1) is 0 Å². The number of rotatable bonds is 2. The quantitative estimate of drug-likeness (QED) is 0.786.